The summed E-state index contributed by atoms with van der Waals surface area (Å²) in [7, 11) is 0. The molecule has 0 aliphatic heterocycles. The van der Waals surface area contributed by atoms with Crippen molar-refractivity contribution in [1.82, 2.24) is 9.97 Å². The van der Waals surface area contributed by atoms with Gasteiger partial charge in [0.1, 0.15) is 5.69 Å². The molecule has 0 fully saturated rings. The molecule has 0 saturated heterocycles. The zero-order chi connectivity index (χ0) is 8.65. The van der Waals surface area contributed by atoms with Crippen LogP contribution in [0.3, 0.4) is 0 Å². The molecule has 1 heterocycles. The van der Waals surface area contributed by atoms with Gasteiger partial charge in [0.15, 0.2) is 0 Å². The molecule has 0 radical (unpaired) electrons. The number of rotatable bonds is 1. The number of hydrogen-bond donors (Lipinski definition) is 0. The Hall–Kier alpha value is -2.05. The molecule has 0 unspecified atom stereocenters. The minimum Gasteiger partial charge on any atom is -0.260 e. The Morgan fingerprint density at radius 1 is 1.58 bits per heavy atom. The van der Waals surface area contributed by atoms with Crippen LogP contribution in [0.25, 0.3) is 10.4 Å². The summed E-state index contributed by atoms with van der Waals surface area (Å²) < 4.78 is 0. The molecule has 0 N–H and O–H groups in total. The first-order valence-electron chi connectivity index (χ1n) is 3.19. The van der Waals surface area contributed by atoms with Crippen LogP contribution in [0.4, 0.5) is 0 Å². The SMILES string of the molecule is [N-]=[N+]=NCC#Cc1cnccn1. The van der Waals surface area contributed by atoms with Gasteiger partial charge in [0.25, 0.3) is 0 Å². The van der Waals surface area contributed by atoms with Crippen molar-refractivity contribution in [3.63, 3.8) is 0 Å². The summed E-state index contributed by atoms with van der Waals surface area (Å²) in [4.78, 5) is 10.3. The quantitative estimate of drug-likeness (QED) is 0.266. The van der Waals surface area contributed by atoms with E-state index in [9.17, 15) is 0 Å². The van der Waals surface area contributed by atoms with Crippen LogP contribution < -0.4 is 0 Å². The first kappa shape index (κ1) is 8.05. The Bertz CT molecular complexity index is 341. The van der Waals surface area contributed by atoms with Gasteiger partial charge in [0, 0.05) is 17.3 Å². The van der Waals surface area contributed by atoms with Crippen molar-refractivity contribution < 1.29 is 0 Å². The van der Waals surface area contributed by atoms with Crippen LogP contribution in [0, 0.1) is 11.8 Å². The fourth-order valence-electron chi connectivity index (χ4n) is 0.561. The van der Waals surface area contributed by atoms with Crippen LogP contribution in [0.15, 0.2) is 23.7 Å². The summed E-state index contributed by atoms with van der Waals surface area (Å²) in [6.45, 7) is 0.160. The lowest BCUT2D eigenvalue weighted by molar-refractivity contribution is 1.17. The highest BCUT2D eigenvalue weighted by atomic mass is 15.1. The third-order valence-corrected chi connectivity index (χ3v) is 0.993. The van der Waals surface area contributed by atoms with Gasteiger partial charge >= 0.3 is 0 Å². The van der Waals surface area contributed by atoms with E-state index < -0.39 is 0 Å². The van der Waals surface area contributed by atoms with Crippen molar-refractivity contribution >= 4 is 0 Å². The molecule has 0 aromatic carbocycles. The average molecular weight is 159 g/mol. The van der Waals surface area contributed by atoms with E-state index in [0.717, 1.165) is 0 Å². The minimum atomic E-state index is 0.160. The highest BCUT2D eigenvalue weighted by molar-refractivity contribution is 5.24. The van der Waals surface area contributed by atoms with E-state index in [-0.39, 0.29) is 6.54 Å². The number of azide groups is 1. The van der Waals surface area contributed by atoms with Crippen molar-refractivity contribution in [2.75, 3.05) is 6.54 Å². The van der Waals surface area contributed by atoms with Crippen LogP contribution in [0.5, 0.6) is 0 Å². The highest BCUT2D eigenvalue weighted by Gasteiger charge is 1.81. The maximum atomic E-state index is 7.93. The van der Waals surface area contributed by atoms with Gasteiger partial charge in [-0.25, -0.2) is 4.98 Å². The predicted molar refractivity (Wildman–Crippen MR) is 42.9 cm³/mol. The second kappa shape index (κ2) is 4.72. The lowest BCUT2D eigenvalue weighted by atomic mass is 10.4. The molecule has 12 heavy (non-hydrogen) atoms. The third-order valence-electron chi connectivity index (χ3n) is 0.993. The Morgan fingerprint density at radius 3 is 3.17 bits per heavy atom. The van der Waals surface area contributed by atoms with Gasteiger partial charge in [-0.3, -0.25) is 4.98 Å². The monoisotopic (exact) mass is 159 g/mol. The van der Waals surface area contributed by atoms with E-state index in [4.69, 9.17) is 5.53 Å². The van der Waals surface area contributed by atoms with Gasteiger partial charge in [-0.2, -0.15) is 0 Å². The molecule has 58 valence electrons. The topological polar surface area (TPSA) is 74.5 Å². The molecule has 0 atom stereocenters. The molecule has 0 bridgehead atoms. The maximum absolute atomic E-state index is 7.93. The summed E-state index contributed by atoms with van der Waals surface area (Å²) in [5.74, 6) is 5.32. The van der Waals surface area contributed by atoms with E-state index in [0.29, 0.717) is 5.69 Å². The molecule has 5 heteroatoms. The molecule has 1 aromatic heterocycles. The largest absolute Gasteiger partial charge is 0.260 e. The van der Waals surface area contributed by atoms with Crippen molar-refractivity contribution in [2.45, 2.75) is 0 Å². The first-order chi connectivity index (χ1) is 5.93. The molecule has 1 aromatic rings. The molecule has 0 aliphatic carbocycles. The molecule has 0 saturated carbocycles. The van der Waals surface area contributed by atoms with E-state index in [1.807, 2.05) is 0 Å². The Labute approximate surface area is 69.1 Å². The van der Waals surface area contributed by atoms with E-state index in [2.05, 4.69) is 31.8 Å². The Kier molecular flexibility index (Phi) is 3.16. The van der Waals surface area contributed by atoms with E-state index in [1.54, 1.807) is 18.6 Å². The third kappa shape index (κ3) is 2.69. The molecule has 5 nitrogen and oxygen atoms in total. The maximum Gasteiger partial charge on any atom is 0.131 e. The van der Waals surface area contributed by atoms with Crippen molar-refractivity contribution in [1.29, 1.82) is 0 Å². The van der Waals surface area contributed by atoms with Crippen molar-refractivity contribution in [3.8, 4) is 11.8 Å². The van der Waals surface area contributed by atoms with Crippen molar-refractivity contribution in [3.05, 3.63) is 34.7 Å². The zero-order valence-corrected chi connectivity index (χ0v) is 6.18. The fraction of sp³-hybridized carbons (Fsp3) is 0.143. The second-order valence-corrected chi connectivity index (χ2v) is 1.78. The summed E-state index contributed by atoms with van der Waals surface area (Å²) in [6, 6.07) is 0. The van der Waals surface area contributed by atoms with Crippen LogP contribution in [0.1, 0.15) is 5.69 Å². The zero-order valence-electron chi connectivity index (χ0n) is 6.18. The molecular weight excluding hydrogens is 154 g/mol. The standard InChI is InChI=1S/C7H5N5/c8-12-11-3-1-2-7-6-9-4-5-10-7/h4-6H,3H2. The molecule has 0 spiro atoms. The van der Waals surface area contributed by atoms with Gasteiger partial charge in [-0.1, -0.05) is 11.0 Å². The van der Waals surface area contributed by atoms with Gasteiger partial charge in [0.05, 0.1) is 12.7 Å². The predicted octanol–water partition coefficient (Wildman–Crippen LogP) is 1.14. The highest BCUT2D eigenvalue weighted by Crippen LogP contribution is 1.84. The van der Waals surface area contributed by atoms with Crippen LogP contribution in [0.2, 0.25) is 0 Å². The molecule has 0 aliphatic rings. The van der Waals surface area contributed by atoms with E-state index in [1.165, 1.54) is 0 Å². The summed E-state index contributed by atoms with van der Waals surface area (Å²) >= 11 is 0. The summed E-state index contributed by atoms with van der Waals surface area (Å²) in [5.41, 5.74) is 8.50. The minimum absolute atomic E-state index is 0.160. The van der Waals surface area contributed by atoms with Gasteiger partial charge < -0.3 is 0 Å². The van der Waals surface area contributed by atoms with Crippen LogP contribution in [-0.4, -0.2) is 16.5 Å². The van der Waals surface area contributed by atoms with Crippen LogP contribution >= 0.6 is 0 Å². The normalized spacial score (nSPS) is 7.67. The molecule has 1 rings (SSSR count). The Morgan fingerprint density at radius 2 is 2.50 bits per heavy atom. The van der Waals surface area contributed by atoms with E-state index >= 15 is 0 Å². The first-order valence-corrected chi connectivity index (χ1v) is 3.19. The number of nitrogens with zero attached hydrogens (tertiary/aromatic N) is 5. The lowest BCUT2D eigenvalue weighted by Crippen LogP contribution is -1.82. The fourth-order valence-corrected chi connectivity index (χ4v) is 0.561. The number of hydrogen-bond acceptors (Lipinski definition) is 3. The van der Waals surface area contributed by atoms with Crippen LogP contribution in [-0.2, 0) is 0 Å². The Balaban J connectivity index is 2.61. The second-order valence-electron chi connectivity index (χ2n) is 1.78. The average Bonchev–Trinajstić information content (AvgIpc) is 2.14. The summed E-state index contributed by atoms with van der Waals surface area (Å²) in [5, 5.41) is 3.25. The van der Waals surface area contributed by atoms with Gasteiger partial charge in [0.2, 0.25) is 0 Å². The van der Waals surface area contributed by atoms with Gasteiger partial charge in [-0.05, 0) is 11.5 Å². The molecular formula is C7H5N5. The lowest BCUT2D eigenvalue weighted by Gasteiger charge is -1.83. The van der Waals surface area contributed by atoms with Gasteiger partial charge in [-0.15, -0.1) is 0 Å². The smallest absolute Gasteiger partial charge is 0.131 e. The summed E-state index contributed by atoms with van der Waals surface area (Å²) in [6.07, 6.45) is 4.67. The number of aromatic nitrogens is 2. The molecule has 0 amide bonds. The van der Waals surface area contributed by atoms with Crippen molar-refractivity contribution in [2.24, 2.45) is 5.11 Å².